The minimum Gasteiger partial charge on any atom is -0.357 e. The van der Waals surface area contributed by atoms with Crippen LogP contribution in [0.2, 0.25) is 0 Å². The highest BCUT2D eigenvalue weighted by molar-refractivity contribution is 5.90. The first kappa shape index (κ1) is 20.6. The Morgan fingerprint density at radius 3 is 2.71 bits per heavy atom. The zero-order chi connectivity index (χ0) is 21.8. The number of hydrogen-bond donors (Lipinski definition) is 3. The Morgan fingerprint density at radius 1 is 1.16 bits per heavy atom. The van der Waals surface area contributed by atoms with Crippen molar-refractivity contribution in [3.8, 4) is 0 Å². The first-order chi connectivity index (χ1) is 15.0. The maximum atomic E-state index is 11.2. The van der Waals surface area contributed by atoms with Crippen molar-refractivity contribution in [2.24, 2.45) is 5.92 Å². The van der Waals surface area contributed by atoms with Gasteiger partial charge in [-0.15, -0.1) is 5.10 Å². The molecule has 158 valence electrons. The second-order valence-electron chi connectivity index (χ2n) is 7.93. The van der Waals surface area contributed by atoms with Gasteiger partial charge in [0.25, 0.3) is 5.91 Å². The molecule has 7 nitrogen and oxygen atoms in total. The molecular formula is C24H25N5O2. The minimum absolute atomic E-state index is 0.0358. The molecule has 1 amide bonds. The van der Waals surface area contributed by atoms with Crippen molar-refractivity contribution >= 4 is 22.9 Å². The fourth-order valence-electron chi connectivity index (χ4n) is 3.81. The van der Waals surface area contributed by atoms with Crippen LogP contribution >= 0.6 is 0 Å². The van der Waals surface area contributed by atoms with Crippen molar-refractivity contribution in [3.05, 3.63) is 89.4 Å². The number of fused-ring (bicyclic) bond motifs is 1. The minimum atomic E-state index is -0.614. The number of hydroxylamine groups is 1. The smallest absolute Gasteiger partial charge is 0.267 e. The Balaban J connectivity index is 1.61. The first-order valence-corrected chi connectivity index (χ1v) is 10.2. The van der Waals surface area contributed by atoms with E-state index in [0.717, 1.165) is 23.0 Å². The van der Waals surface area contributed by atoms with Gasteiger partial charge >= 0.3 is 0 Å². The number of carbonyl (C=O) groups excluding carboxylic acids is 1. The van der Waals surface area contributed by atoms with Crippen LogP contribution in [0.1, 0.15) is 42.4 Å². The van der Waals surface area contributed by atoms with E-state index in [0.29, 0.717) is 5.69 Å². The van der Waals surface area contributed by atoms with E-state index in [1.807, 2.05) is 6.07 Å². The van der Waals surface area contributed by atoms with Gasteiger partial charge in [0, 0.05) is 22.7 Å². The summed E-state index contributed by atoms with van der Waals surface area (Å²) in [6.07, 6.45) is 5.40. The van der Waals surface area contributed by atoms with Gasteiger partial charge in [-0.1, -0.05) is 55.5 Å². The predicted octanol–water partition coefficient (Wildman–Crippen LogP) is 4.11. The summed E-state index contributed by atoms with van der Waals surface area (Å²) in [5.74, 6) is -0.354. The average molecular weight is 415 g/mol. The van der Waals surface area contributed by atoms with E-state index in [1.165, 1.54) is 23.3 Å². The molecule has 0 saturated carbocycles. The highest BCUT2D eigenvalue weighted by Gasteiger charge is 2.21. The molecule has 4 aromatic rings. The normalized spacial score (nSPS) is 12.6. The zero-order valence-electron chi connectivity index (χ0n) is 17.5. The molecule has 0 radical (unpaired) electrons. The molecule has 4 rings (SSSR count). The van der Waals surface area contributed by atoms with Crippen LogP contribution in [0.4, 0.5) is 0 Å². The molecule has 0 saturated heterocycles. The molecule has 2 heterocycles. The summed E-state index contributed by atoms with van der Waals surface area (Å²) in [6.45, 7) is 4.26. The first-order valence-electron chi connectivity index (χ1n) is 10.2. The third-order valence-corrected chi connectivity index (χ3v) is 5.24. The Morgan fingerprint density at radius 2 is 1.97 bits per heavy atom. The molecule has 2 aromatic heterocycles. The van der Waals surface area contributed by atoms with E-state index in [1.54, 1.807) is 16.4 Å². The van der Waals surface area contributed by atoms with Crippen molar-refractivity contribution in [2.45, 2.75) is 26.3 Å². The largest absolute Gasteiger partial charge is 0.357 e. The van der Waals surface area contributed by atoms with Crippen molar-refractivity contribution in [3.63, 3.8) is 0 Å². The SMILES string of the molecule is CC(C)C(c1cc2cc(Cc3ccccc3)ccc2[nH]1)n1cc(C=CC(=O)NO)nn1. The van der Waals surface area contributed by atoms with Crippen molar-refractivity contribution in [2.75, 3.05) is 0 Å². The number of nitrogens with zero attached hydrogens (tertiary/aromatic N) is 3. The number of hydrogen-bond acceptors (Lipinski definition) is 4. The van der Waals surface area contributed by atoms with Crippen LogP contribution < -0.4 is 5.48 Å². The van der Waals surface area contributed by atoms with Crippen LogP contribution in [0.25, 0.3) is 17.0 Å². The van der Waals surface area contributed by atoms with Gasteiger partial charge in [0.05, 0.1) is 12.2 Å². The molecule has 2 aromatic carbocycles. The number of H-pyrrole nitrogens is 1. The Kier molecular flexibility index (Phi) is 5.95. The maximum absolute atomic E-state index is 11.2. The molecule has 0 aliphatic rings. The standard InChI is InChI=1S/C24H25N5O2/c1-16(2)24(29-15-20(26-28-29)9-11-23(30)27-31)22-14-19-13-18(8-10-21(19)25-22)12-17-6-4-3-5-7-17/h3-11,13-16,24-25,31H,12H2,1-2H3,(H,27,30). The molecule has 7 heteroatoms. The molecule has 0 bridgehead atoms. The Hall–Kier alpha value is -3.71. The number of amides is 1. The highest BCUT2D eigenvalue weighted by Crippen LogP contribution is 2.29. The molecule has 0 aliphatic carbocycles. The van der Waals surface area contributed by atoms with Crippen LogP contribution in [-0.4, -0.2) is 31.1 Å². The molecular weight excluding hydrogens is 390 g/mol. The lowest BCUT2D eigenvalue weighted by atomic mass is 10.0. The van der Waals surface area contributed by atoms with Gasteiger partial charge in [-0.05, 0) is 47.7 Å². The number of nitrogens with one attached hydrogen (secondary N) is 2. The van der Waals surface area contributed by atoms with E-state index in [4.69, 9.17) is 5.21 Å². The van der Waals surface area contributed by atoms with Crippen molar-refractivity contribution in [1.82, 2.24) is 25.5 Å². The van der Waals surface area contributed by atoms with E-state index in [9.17, 15) is 4.79 Å². The summed E-state index contributed by atoms with van der Waals surface area (Å²) in [7, 11) is 0. The summed E-state index contributed by atoms with van der Waals surface area (Å²) in [5.41, 5.74) is 6.78. The highest BCUT2D eigenvalue weighted by atomic mass is 16.5. The number of rotatable bonds is 7. The van der Waals surface area contributed by atoms with Gasteiger partial charge in [-0.3, -0.25) is 10.0 Å². The number of aromatic nitrogens is 4. The molecule has 1 atom stereocenters. The average Bonchev–Trinajstić information content (AvgIpc) is 3.39. The lowest BCUT2D eigenvalue weighted by Gasteiger charge is -2.19. The molecule has 31 heavy (non-hydrogen) atoms. The zero-order valence-corrected chi connectivity index (χ0v) is 17.5. The number of carbonyl (C=O) groups is 1. The van der Waals surface area contributed by atoms with Crippen molar-refractivity contribution in [1.29, 1.82) is 0 Å². The maximum Gasteiger partial charge on any atom is 0.267 e. The fraction of sp³-hybridized carbons (Fsp3) is 0.208. The Labute approximate surface area is 180 Å². The summed E-state index contributed by atoms with van der Waals surface area (Å²) in [5, 5.41) is 18.1. The number of aromatic amines is 1. The van der Waals surface area contributed by atoms with E-state index in [2.05, 4.69) is 77.7 Å². The van der Waals surface area contributed by atoms with Crippen LogP contribution in [0, 0.1) is 5.92 Å². The van der Waals surface area contributed by atoms with Gasteiger partial charge in [0.1, 0.15) is 5.69 Å². The van der Waals surface area contributed by atoms with Crippen molar-refractivity contribution < 1.29 is 10.0 Å². The van der Waals surface area contributed by atoms with E-state index in [-0.39, 0.29) is 12.0 Å². The third-order valence-electron chi connectivity index (χ3n) is 5.24. The predicted molar refractivity (Wildman–Crippen MR) is 120 cm³/mol. The molecule has 0 aliphatic heterocycles. The summed E-state index contributed by atoms with van der Waals surface area (Å²) < 4.78 is 1.80. The Bertz CT molecular complexity index is 1210. The van der Waals surface area contributed by atoms with Gasteiger partial charge < -0.3 is 4.98 Å². The monoisotopic (exact) mass is 415 g/mol. The topological polar surface area (TPSA) is 95.8 Å². The second-order valence-corrected chi connectivity index (χ2v) is 7.93. The van der Waals surface area contributed by atoms with Gasteiger partial charge in [-0.25, -0.2) is 10.2 Å². The lowest BCUT2D eigenvalue weighted by molar-refractivity contribution is -0.124. The molecule has 3 N–H and O–H groups in total. The van der Waals surface area contributed by atoms with Crippen LogP contribution in [0.3, 0.4) is 0 Å². The van der Waals surface area contributed by atoms with Gasteiger partial charge in [0.15, 0.2) is 0 Å². The van der Waals surface area contributed by atoms with E-state index < -0.39 is 5.91 Å². The van der Waals surface area contributed by atoms with Gasteiger partial charge in [-0.2, -0.15) is 0 Å². The van der Waals surface area contributed by atoms with E-state index >= 15 is 0 Å². The fourth-order valence-corrected chi connectivity index (χ4v) is 3.81. The second kappa shape index (κ2) is 8.97. The quantitative estimate of drug-likeness (QED) is 0.240. The summed E-state index contributed by atoms with van der Waals surface area (Å²) in [6, 6.07) is 19.1. The molecule has 0 fully saturated rings. The van der Waals surface area contributed by atoms with Crippen LogP contribution in [0.15, 0.2) is 66.9 Å². The lowest BCUT2D eigenvalue weighted by Crippen LogP contribution is -2.17. The van der Waals surface area contributed by atoms with Crippen LogP contribution in [-0.2, 0) is 11.2 Å². The summed E-state index contributed by atoms with van der Waals surface area (Å²) in [4.78, 5) is 14.7. The molecule has 0 spiro atoms. The molecule has 1 unspecified atom stereocenters. The summed E-state index contributed by atoms with van der Waals surface area (Å²) >= 11 is 0. The van der Waals surface area contributed by atoms with Crippen LogP contribution in [0.5, 0.6) is 0 Å². The third kappa shape index (κ3) is 4.73. The number of benzene rings is 2. The van der Waals surface area contributed by atoms with Gasteiger partial charge in [0.2, 0.25) is 0 Å².